The number of hydrogen-bond donors (Lipinski definition) is 1. The zero-order chi connectivity index (χ0) is 14.3. The van der Waals surface area contributed by atoms with Gasteiger partial charge in [0.15, 0.2) is 5.13 Å². The van der Waals surface area contributed by atoms with Crippen LogP contribution in [0, 0.1) is 10.1 Å². The molecule has 2 heterocycles. The second kappa shape index (κ2) is 4.57. The molecule has 2 aromatic rings. The Labute approximate surface area is 117 Å². The van der Waals surface area contributed by atoms with Gasteiger partial charge in [0.1, 0.15) is 0 Å². The van der Waals surface area contributed by atoms with E-state index in [-0.39, 0.29) is 11.6 Å². The first kappa shape index (κ1) is 12.5. The van der Waals surface area contributed by atoms with Crippen molar-refractivity contribution in [2.75, 3.05) is 5.73 Å². The number of rotatable bonds is 2. The van der Waals surface area contributed by atoms with E-state index >= 15 is 0 Å². The number of aromatic nitrogens is 1. The number of nitrogen functional groups attached to an aromatic ring is 1. The zero-order valence-corrected chi connectivity index (χ0v) is 11.1. The normalized spacial score (nSPS) is 13.3. The highest BCUT2D eigenvalue weighted by Gasteiger charge is 2.27. The lowest BCUT2D eigenvalue weighted by Crippen LogP contribution is -2.25. The highest BCUT2D eigenvalue weighted by atomic mass is 32.1. The third kappa shape index (κ3) is 2.10. The van der Waals surface area contributed by atoms with Gasteiger partial charge in [0.2, 0.25) is 0 Å². The van der Waals surface area contributed by atoms with Crippen LogP contribution in [0.25, 0.3) is 0 Å². The first-order valence-electron chi connectivity index (χ1n) is 5.82. The van der Waals surface area contributed by atoms with Crippen molar-refractivity contribution in [3.8, 4) is 0 Å². The lowest BCUT2D eigenvalue weighted by molar-refractivity contribution is -0.384. The Morgan fingerprint density at radius 1 is 1.35 bits per heavy atom. The summed E-state index contributed by atoms with van der Waals surface area (Å²) in [5.74, 6) is -0.163. The van der Waals surface area contributed by atoms with Crippen LogP contribution in [0.5, 0.6) is 0 Å². The fourth-order valence-electron chi connectivity index (χ4n) is 2.11. The smallest absolute Gasteiger partial charge is 0.269 e. The number of benzene rings is 1. The molecule has 1 aliphatic heterocycles. The molecular weight excluding hydrogens is 280 g/mol. The number of nitrogens with zero attached hydrogens (tertiary/aromatic N) is 3. The van der Waals surface area contributed by atoms with E-state index in [9.17, 15) is 14.9 Å². The van der Waals surface area contributed by atoms with Gasteiger partial charge in [-0.05, 0) is 12.1 Å². The average Bonchev–Trinajstić information content (AvgIpc) is 2.95. The minimum atomic E-state index is -0.492. The molecule has 1 amide bonds. The summed E-state index contributed by atoms with van der Waals surface area (Å²) in [6, 6.07) is 5.59. The second-order valence-electron chi connectivity index (χ2n) is 4.39. The molecule has 7 nitrogen and oxygen atoms in total. The molecule has 1 aromatic carbocycles. The van der Waals surface area contributed by atoms with Gasteiger partial charge >= 0.3 is 0 Å². The lowest BCUT2D eigenvalue weighted by atomic mass is 10.2. The first-order valence-corrected chi connectivity index (χ1v) is 6.64. The molecule has 1 aliphatic rings. The van der Waals surface area contributed by atoms with Crippen molar-refractivity contribution in [1.82, 2.24) is 9.88 Å². The Hall–Kier alpha value is -2.48. The number of carbonyl (C=O) groups excluding carboxylic acids is 1. The Morgan fingerprint density at radius 2 is 2.05 bits per heavy atom. The molecule has 0 atom stereocenters. The first-order chi connectivity index (χ1) is 9.54. The van der Waals surface area contributed by atoms with Crippen LogP contribution in [0.15, 0.2) is 24.3 Å². The van der Waals surface area contributed by atoms with Gasteiger partial charge in [0, 0.05) is 17.7 Å². The number of nitro benzene ring substituents is 1. The van der Waals surface area contributed by atoms with Gasteiger partial charge in [0.05, 0.1) is 28.6 Å². The molecule has 0 bridgehead atoms. The van der Waals surface area contributed by atoms with E-state index < -0.39 is 4.92 Å². The summed E-state index contributed by atoms with van der Waals surface area (Å²) in [5, 5.41) is 11.1. The van der Waals surface area contributed by atoms with Crippen molar-refractivity contribution < 1.29 is 9.72 Å². The van der Waals surface area contributed by atoms with Gasteiger partial charge in [-0.1, -0.05) is 0 Å². The summed E-state index contributed by atoms with van der Waals surface area (Å²) in [6.45, 7) is 0.916. The Morgan fingerprint density at radius 3 is 2.65 bits per heavy atom. The number of fused-ring (bicyclic) bond motifs is 1. The third-order valence-electron chi connectivity index (χ3n) is 3.08. The molecule has 102 valence electrons. The maximum atomic E-state index is 12.3. The molecule has 0 spiro atoms. The summed E-state index contributed by atoms with van der Waals surface area (Å²) in [5.41, 5.74) is 6.84. The summed E-state index contributed by atoms with van der Waals surface area (Å²) in [6.07, 6.45) is 0. The lowest BCUT2D eigenvalue weighted by Gasteiger charge is -2.15. The molecule has 0 unspecified atom stereocenters. The van der Waals surface area contributed by atoms with Crippen LogP contribution in [0.2, 0.25) is 0 Å². The number of carbonyl (C=O) groups is 1. The SMILES string of the molecule is Nc1nc2c(s1)CN(C(=O)c1ccc([N+](=O)[O-])cc1)C2. The predicted octanol–water partition coefficient (Wildman–Crippen LogP) is 1.79. The Kier molecular flexibility index (Phi) is 2.87. The number of nitro groups is 1. The molecule has 0 fully saturated rings. The summed E-state index contributed by atoms with van der Waals surface area (Å²) >= 11 is 1.38. The fourth-order valence-corrected chi connectivity index (χ4v) is 2.97. The Bertz CT molecular complexity index is 672. The van der Waals surface area contributed by atoms with E-state index in [1.54, 1.807) is 4.90 Å². The number of nitrogens with two attached hydrogens (primary N) is 1. The topological polar surface area (TPSA) is 102 Å². The summed E-state index contributed by atoms with van der Waals surface area (Å²) in [7, 11) is 0. The fraction of sp³-hybridized carbons (Fsp3) is 0.167. The van der Waals surface area contributed by atoms with E-state index in [0.29, 0.717) is 23.8 Å². The van der Waals surface area contributed by atoms with Crippen molar-refractivity contribution >= 4 is 28.1 Å². The van der Waals surface area contributed by atoms with Crippen LogP contribution in [-0.4, -0.2) is 20.7 Å². The van der Waals surface area contributed by atoms with Gasteiger partial charge in [-0.25, -0.2) is 4.98 Å². The van der Waals surface area contributed by atoms with Gasteiger partial charge in [-0.15, -0.1) is 11.3 Å². The monoisotopic (exact) mass is 290 g/mol. The van der Waals surface area contributed by atoms with Crippen LogP contribution in [0.1, 0.15) is 20.9 Å². The van der Waals surface area contributed by atoms with E-state index in [0.717, 1.165) is 10.6 Å². The van der Waals surface area contributed by atoms with Crippen molar-refractivity contribution in [1.29, 1.82) is 0 Å². The minimum absolute atomic E-state index is 0.0310. The summed E-state index contributed by atoms with van der Waals surface area (Å²) < 4.78 is 0. The van der Waals surface area contributed by atoms with E-state index in [4.69, 9.17) is 5.73 Å². The molecule has 8 heteroatoms. The van der Waals surface area contributed by atoms with Gasteiger partial charge in [-0.3, -0.25) is 14.9 Å². The van der Waals surface area contributed by atoms with Gasteiger partial charge in [0.25, 0.3) is 11.6 Å². The number of thiazole rings is 1. The highest BCUT2D eigenvalue weighted by molar-refractivity contribution is 7.15. The van der Waals surface area contributed by atoms with Crippen molar-refractivity contribution in [3.63, 3.8) is 0 Å². The number of hydrogen-bond acceptors (Lipinski definition) is 6. The molecule has 0 saturated carbocycles. The van der Waals surface area contributed by atoms with Crippen LogP contribution in [0.4, 0.5) is 10.8 Å². The zero-order valence-electron chi connectivity index (χ0n) is 10.3. The quantitative estimate of drug-likeness (QED) is 0.671. The molecule has 1 aromatic heterocycles. The minimum Gasteiger partial charge on any atom is -0.375 e. The standard InChI is InChI=1S/C12H10N4O3S/c13-12-14-9-5-15(6-10(9)20-12)11(17)7-1-3-8(4-2-7)16(18)19/h1-4H,5-6H2,(H2,13,14). The maximum absolute atomic E-state index is 12.3. The molecule has 2 N–H and O–H groups in total. The Balaban J connectivity index is 1.77. The van der Waals surface area contributed by atoms with Crippen LogP contribution in [0.3, 0.4) is 0 Å². The molecular formula is C12H10N4O3S. The van der Waals surface area contributed by atoms with Gasteiger partial charge < -0.3 is 10.6 Å². The van der Waals surface area contributed by atoms with E-state index in [2.05, 4.69) is 4.98 Å². The number of amides is 1. The van der Waals surface area contributed by atoms with Crippen LogP contribution in [-0.2, 0) is 13.1 Å². The van der Waals surface area contributed by atoms with Crippen LogP contribution >= 0.6 is 11.3 Å². The number of anilines is 1. The largest absolute Gasteiger partial charge is 0.375 e. The molecule has 3 rings (SSSR count). The molecule has 0 aliphatic carbocycles. The van der Waals surface area contributed by atoms with Gasteiger partial charge in [-0.2, -0.15) is 0 Å². The predicted molar refractivity (Wildman–Crippen MR) is 73.2 cm³/mol. The average molecular weight is 290 g/mol. The third-order valence-corrected chi connectivity index (χ3v) is 3.99. The van der Waals surface area contributed by atoms with E-state index in [1.807, 2.05) is 0 Å². The van der Waals surface area contributed by atoms with Crippen LogP contribution < -0.4 is 5.73 Å². The molecule has 0 radical (unpaired) electrons. The maximum Gasteiger partial charge on any atom is 0.269 e. The summed E-state index contributed by atoms with van der Waals surface area (Å²) in [4.78, 5) is 29.2. The number of non-ortho nitro benzene ring substituents is 1. The highest BCUT2D eigenvalue weighted by Crippen LogP contribution is 2.30. The molecule has 20 heavy (non-hydrogen) atoms. The molecule has 0 saturated heterocycles. The van der Waals surface area contributed by atoms with Crippen molar-refractivity contribution in [2.24, 2.45) is 0 Å². The second-order valence-corrected chi connectivity index (χ2v) is 5.50. The van der Waals surface area contributed by atoms with Crippen molar-refractivity contribution in [2.45, 2.75) is 13.1 Å². The van der Waals surface area contributed by atoms with Crippen molar-refractivity contribution in [3.05, 3.63) is 50.5 Å². The van der Waals surface area contributed by atoms with E-state index in [1.165, 1.54) is 35.6 Å².